The number of hydrogen-bond donors (Lipinski definition) is 1. The van der Waals surface area contributed by atoms with Crippen LogP contribution in [-0.2, 0) is 6.42 Å². The molecule has 2 nitrogen and oxygen atoms in total. The Labute approximate surface area is 134 Å². The highest BCUT2D eigenvalue weighted by Crippen LogP contribution is 2.21. The Morgan fingerprint density at radius 1 is 1.14 bits per heavy atom. The lowest BCUT2D eigenvalue weighted by Crippen LogP contribution is -2.26. The molecule has 2 aromatic carbocycles. The smallest absolute Gasteiger partial charge is 0.252 e. The number of benzene rings is 2. The van der Waals surface area contributed by atoms with Crippen LogP contribution in [0.4, 0.5) is 8.78 Å². The molecule has 2 rings (SSSR count). The summed E-state index contributed by atoms with van der Waals surface area (Å²) in [5.41, 5.74) is 0.938. The SMILES string of the molecule is O=C(NCCc1cc(F)cc(F)c1)c1ccc(Cl)cc1Br. The molecule has 0 radical (unpaired) electrons. The number of hydrogen-bond acceptors (Lipinski definition) is 1. The Morgan fingerprint density at radius 3 is 2.43 bits per heavy atom. The molecule has 0 unspecified atom stereocenters. The first-order chi connectivity index (χ1) is 9.95. The van der Waals surface area contributed by atoms with Gasteiger partial charge in [-0.2, -0.15) is 0 Å². The van der Waals surface area contributed by atoms with Gasteiger partial charge in [-0.1, -0.05) is 11.6 Å². The quantitative estimate of drug-likeness (QED) is 0.847. The fourth-order valence-electron chi connectivity index (χ4n) is 1.84. The Hall–Kier alpha value is -1.46. The van der Waals surface area contributed by atoms with Crippen LogP contribution in [0.25, 0.3) is 0 Å². The van der Waals surface area contributed by atoms with Crippen molar-refractivity contribution in [1.29, 1.82) is 0 Å². The van der Waals surface area contributed by atoms with Crippen LogP contribution in [0, 0.1) is 11.6 Å². The van der Waals surface area contributed by atoms with E-state index in [1.807, 2.05) is 0 Å². The first kappa shape index (κ1) is 15.9. The van der Waals surface area contributed by atoms with E-state index in [1.54, 1.807) is 18.2 Å². The molecule has 2 aromatic rings. The second-order valence-electron chi connectivity index (χ2n) is 4.41. The largest absolute Gasteiger partial charge is 0.352 e. The van der Waals surface area contributed by atoms with Gasteiger partial charge in [0.2, 0.25) is 0 Å². The van der Waals surface area contributed by atoms with Crippen LogP contribution in [0.3, 0.4) is 0 Å². The summed E-state index contributed by atoms with van der Waals surface area (Å²) in [6, 6.07) is 8.14. The molecule has 0 aliphatic carbocycles. The minimum Gasteiger partial charge on any atom is -0.352 e. The fraction of sp³-hybridized carbons (Fsp3) is 0.133. The number of nitrogens with one attached hydrogen (secondary N) is 1. The van der Waals surface area contributed by atoms with Crippen molar-refractivity contribution in [3.8, 4) is 0 Å². The second kappa shape index (κ2) is 7.00. The van der Waals surface area contributed by atoms with Crippen molar-refractivity contribution in [2.45, 2.75) is 6.42 Å². The Morgan fingerprint density at radius 2 is 1.81 bits per heavy atom. The molecule has 0 saturated heterocycles. The predicted molar refractivity (Wildman–Crippen MR) is 81.5 cm³/mol. The van der Waals surface area contributed by atoms with Crippen molar-refractivity contribution in [3.05, 3.63) is 68.7 Å². The molecule has 1 N–H and O–H groups in total. The topological polar surface area (TPSA) is 29.1 Å². The maximum absolute atomic E-state index is 13.0. The molecule has 0 heterocycles. The maximum Gasteiger partial charge on any atom is 0.252 e. The van der Waals surface area contributed by atoms with Crippen molar-refractivity contribution in [3.63, 3.8) is 0 Å². The van der Waals surface area contributed by atoms with Crippen LogP contribution in [0.1, 0.15) is 15.9 Å². The molecule has 0 bridgehead atoms. The number of carbonyl (C=O) groups excluding carboxylic acids is 1. The molecule has 0 aliphatic rings. The van der Waals surface area contributed by atoms with Crippen LogP contribution < -0.4 is 5.32 Å². The molecule has 6 heteroatoms. The summed E-state index contributed by atoms with van der Waals surface area (Å²) in [6.07, 6.45) is 0.339. The molecule has 0 aliphatic heterocycles. The average Bonchev–Trinajstić information content (AvgIpc) is 2.37. The van der Waals surface area contributed by atoms with Gasteiger partial charge in [-0.3, -0.25) is 4.79 Å². The second-order valence-corrected chi connectivity index (χ2v) is 5.70. The number of rotatable bonds is 4. The molecular weight excluding hydrogens is 364 g/mol. The van der Waals surface area contributed by atoms with Gasteiger partial charge in [0, 0.05) is 22.1 Å². The molecule has 0 saturated carbocycles. The van der Waals surface area contributed by atoms with Crippen LogP contribution in [0.5, 0.6) is 0 Å². The van der Waals surface area contributed by atoms with Crippen molar-refractivity contribution in [1.82, 2.24) is 5.32 Å². The lowest BCUT2D eigenvalue weighted by atomic mass is 10.1. The van der Waals surface area contributed by atoms with E-state index in [2.05, 4.69) is 21.2 Å². The van der Waals surface area contributed by atoms with E-state index >= 15 is 0 Å². The van der Waals surface area contributed by atoms with Crippen LogP contribution in [-0.4, -0.2) is 12.5 Å². The van der Waals surface area contributed by atoms with Crippen molar-refractivity contribution < 1.29 is 13.6 Å². The highest BCUT2D eigenvalue weighted by molar-refractivity contribution is 9.10. The minimum absolute atomic E-state index is 0.275. The first-order valence-electron chi connectivity index (χ1n) is 6.14. The van der Waals surface area contributed by atoms with Gasteiger partial charge in [-0.05, 0) is 58.2 Å². The first-order valence-corrected chi connectivity index (χ1v) is 7.31. The summed E-state index contributed by atoms with van der Waals surface area (Å²) in [7, 11) is 0. The molecule has 110 valence electrons. The summed E-state index contributed by atoms with van der Waals surface area (Å²) in [5.74, 6) is -1.54. The summed E-state index contributed by atoms with van der Waals surface area (Å²) in [4.78, 5) is 12.0. The highest BCUT2D eigenvalue weighted by atomic mass is 79.9. The van der Waals surface area contributed by atoms with Gasteiger partial charge in [0.25, 0.3) is 5.91 Å². The number of amides is 1. The molecule has 0 aromatic heterocycles. The maximum atomic E-state index is 13.0. The molecule has 1 amide bonds. The molecule has 0 spiro atoms. The van der Waals surface area contributed by atoms with Crippen molar-refractivity contribution in [2.75, 3.05) is 6.54 Å². The minimum atomic E-state index is -0.628. The van der Waals surface area contributed by atoms with Gasteiger partial charge in [0.05, 0.1) is 5.56 Å². The summed E-state index contributed by atoms with van der Waals surface area (Å²) < 4.78 is 26.6. The van der Waals surface area contributed by atoms with Gasteiger partial charge in [-0.25, -0.2) is 8.78 Å². The average molecular weight is 375 g/mol. The molecule has 0 atom stereocenters. The number of halogens is 4. The summed E-state index contributed by atoms with van der Waals surface area (Å²) in [6.45, 7) is 0.275. The third kappa shape index (κ3) is 4.51. The van der Waals surface area contributed by atoms with E-state index in [0.29, 0.717) is 27.0 Å². The zero-order valence-corrected chi connectivity index (χ0v) is 13.1. The van der Waals surface area contributed by atoms with E-state index in [1.165, 1.54) is 12.1 Å². The highest BCUT2D eigenvalue weighted by Gasteiger charge is 2.10. The van der Waals surface area contributed by atoms with Crippen LogP contribution in [0.2, 0.25) is 5.02 Å². The van der Waals surface area contributed by atoms with Gasteiger partial charge < -0.3 is 5.32 Å². The third-order valence-corrected chi connectivity index (χ3v) is 3.69. The molecular formula is C15H11BrClF2NO. The van der Waals surface area contributed by atoms with Crippen molar-refractivity contribution >= 4 is 33.4 Å². The third-order valence-electron chi connectivity index (χ3n) is 2.80. The standard InChI is InChI=1S/C15H11BrClF2NO/c16-14-7-10(17)1-2-13(14)15(21)20-4-3-9-5-11(18)8-12(19)6-9/h1-2,5-8H,3-4H2,(H,20,21). The normalized spacial score (nSPS) is 10.5. The van der Waals surface area contributed by atoms with E-state index < -0.39 is 11.6 Å². The van der Waals surface area contributed by atoms with Gasteiger partial charge in [0.15, 0.2) is 0 Å². The summed E-state index contributed by atoms with van der Waals surface area (Å²) in [5, 5.41) is 3.21. The lowest BCUT2D eigenvalue weighted by Gasteiger charge is -2.07. The van der Waals surface area contributed by atoms with E-state index in [0.717, 1.165) is 6.07 Å². The predicted octanol–water partition coefficient (Wildman–Crippen LogP) is 4.35. The van der Waals surface area contributed by atoms with Crippen LogP contribution >= 0.6 is 27.5 Å². The molecule has 21 heavy (non-hydrogen) atoms. The van der Waals surface area contributed by atoms with Gasteiger partial charge >= 0.3 is 0 Å². The Bertz CT molecular complexity index is 658. The molecule has 0 fully saturated rings. The Kier molecular flexibility index (Phi) is 5.31. The van der Waals surface area contributed by atoms with Crippen molar-refractivity contribution in [2.24, 2.45) is 0 Å². The lowest BCUT2D eigenvalue weighted by molar-refractivity contribution is 0.0953. The van der Waals surface area contributed by atoms with Gasteiger partial charge in [0.1, 0.15) is 11.6 Å². The fourth-order valence-corrected chi connectivity index (χ4v) is 2.71. The summed E-state index contributed by atoms with van der Waals surface area (Å²) >= 11 is 9.06. The monoisotopic (exact) mass is 373 g/mol. The Balaban J connectivity index is 1.95. The zero-order chi connectivity index (χ0) is 15.4. The van der Waals surface area contributed by atoms with E-state index in [-0.39, 0.29) is 12.5 Å². The zero-order valence-electron chi connectivity index (χ0n) is 10.8. The van der Waals surface area contributed by atoms with Gasteiger partial charge in [-0.15, -0.1) is 0 Å². The van der Waals surface area contributed by atoms with E-state index in [9.17, 15) is 13.6 Å². The van der Waals surface area contributed by atoms with Crippen LogP contribution in [0.15, 0.2) is 40.9 Å². The number of carbonyl (C=O) groups is 1. The van der Waals surface area contributed by atoms with E-state index in [4.69, 9.17) is 11.6 Å².